The van der Waals surface area contributed by atoms with E-state index in [2.05, 4.69) is 9.62 Å². The normalized spacial score (nSPS) is 17.3. The highest BCUT2D eigenvalue weighted by atomic mass is 32.2. The minimum absolute atomic E-state index is 0.129. The van der Waals surface area contributed by atoms with Gasteiger partial charge in [0.15, 0.2) is 0 Å². The smallest absolute Gasteiger partial charge is 0.253 e. The molecule has 0 unspecified atom stereocenters. The van der Waals surface area contributed by atoms with E-state index in [0.717, 1.165) is 43.8 Å². The minimum atomic E-state index is -3.60. The molecule has 1 aliphatic heterocycles. The van der Waals surface area contributed by atoms with E-state index in [4.69, 9.17) is 4.74 Å². The van der Waals surface area contributed by atoms with Gasteiger partial charge in [0.1, 0.15) is 5.75 Å². The molecular weight excluding hydrogens is 414 g/mol. The quantitative estimate of drug-likeness (QED) is 0.712. The molecule has 8 heteroatoms. The molecule has 1 saturated heterocycles. The number of ether oxygens (including phenoxy) is 1. The molecule has 7 nitrogen and oxygen atoms in total. The number of nitrogens with one attached hydrogen (secondary N) is 1. The first-order chi connectivity index (χ1) is 15.0. The molecule has 1 amide bonds. The van der Waals surface area contributed by atoms with Crippen LogP contribution in [0.2, 0.25) is 0 Å². The van der Waals surface area contributed by atoms with Gasteiger partial charge in [0, 0.05) is 44.0 Å². The average molecular weight is 444 g/mol. The maximum absolute atomic E-state index is 13.1. The van der Waals surface area contributed by atoms with Crippen LogP contribution in [0.1, 0.15) is 29.6 Å². The van der Waals surface area contributed by atoms with Crippen molar-refractivity contribution in [2.75, 3.05) is 44.7 Å². The van der Waals surface area contributed by atoms with Gasteiger partial charge in [-0.1, -0.05) is 6.07 Å². The van der Waals surface area contributed by atoms with Crippen LogP contribution in [-0.2, 0) is 10.0 Å². The molecule has 4 rings (SSSR count). The van der Waals surface area contributed by atoms with Crippen LogP contribution >= 0.6 is 0 Å². The van der Waals surface area contributed by atoms with E-state index >= 15 is 0 Å². The van der Waals surface area contributed by atoms with E-state index in [1.807, 2.05) is 29.2 Å². The highest BCUT2D eigenvalue weighted by Gasteiger charge is 2.25. The van der Waals surface area contributed by atoms with Crippen molar-refractivity contribution in [1.82, 2.24) is 9.62 Å². The van der Waals surface area contributed by atoms with Crippen molar-refractivity contribution in [2.45, 2.75) is 24.2 Å². The lowest BCUT2D eigenvalue weighted by atomic mass is 10.2. The van der Waals surface area contributed by atoms with Gasteiger partial charge in [-0.2, -0.15) is 0 Å². The number of amides is 1. The number of anilines is 1. The highest BCUT2D eigenvalue weighted by molar-refractivity contribution is 7.89. The summed E-state index contributed by atoms with van der Waals surface area (Å²) in [5.41, 5.74) is 1.51. The summed E-state index contributed by atoms with van der Waals surface area (Å²) in [6.07, 6.45) is 2.99. The molecule has 1 saturated carbocycles. The Balaban J connectivity index is 1.42. The Morgan fingerprint density at radius 2 is 1.84 bits per heavy atom. The van der Waals surface area contributed by atoms with Crippen LogP contribution in [0.15, 0.2) is 53.4 Å². The Morgan fingerprint density at radius 1 is 1.06 bits per heavy atom. The van der Waals surface area contributed by atoms with Crippen molar-refractivity contribution in [3.63, 3.8) is 0 Å². The Labute approximate surface area is 184 Å². The molecule has 166 valence electrons. The lowest BCUT2D eigenvalue weighted by Crippen LogP contribution is -2.35. The Hall–Kier alpha value is -2.58. The van der Waals surface area contributed by atoms with Crippen molar-refractivity contribution < 1.29 is 17.9 Å². The lowest BCUT2D eigenvalue weighted by molar-refractivity contribution is 0.0767. The Kier molecular flexibility index (Phi) is 6.48. The minimum Gasteiger partial charge on any atom is -0.497 e. The molecule has 1 heterocycles. The number of carbonyl (C=O) groups is 1. The summed E-state index contributed by atoms with van der Waals surface area (Å²) in [4.78, 5) is 17.3. The number of rotatable bonds is 7. The molecule has 0 atom stereocenters. The molecule has 2 aliphatic rings. The second-order valence-electron chi connectivity index (χ2n) is 8.15. The third-order valence-electron chi connectivity index (χ3n) is 5.87. The van der Waals surface area contributed by atoms with Crippen LogP contribution in [0.3, 0.4) is 0 Å². The predicted octanol–water partition coefficient (Wildman–Crippen LogP) is 2.74. The van der Waals surface area contributed by atoms with Gasteiger partial charge in [-0.05, 0) is 67.6 Å². The lowest BCUT2D eigenvalue weighted by Gasteiger charge is -2.24. The molecule has 2 fully saturated rings. The first kappa shape index (κ1) is 21.6. The summed E-state index contributed by atoms with van der Waals surface area (Å²) in [5, 5.41) is 0. The molecule has 1 N–H and O–H groups in total. The van der Waals surface area contributed by atoms with E-state index in [1.165, 1.54) is 6.07 Å². The van der Waals surface area contributed by atoms with Gasteiger partial charge in [0.05, 0.1) is 12.0 Å². The highest BCUT2D eigenvalue weighted by Crippen LogP contribution is 2.28. The number of hydrogen-bond acceptors (Lipinski definition) is 5. The summed E-state index contributed by atoms with van der Waals surface area (Å²) >= 11 is 0. The fourth-order valence-electron chi connectivity index (χ4n) is 3.78. The first-order valence-electron chi connectivity index (χ1n) is 10.7. The maximum atomic E-state index is 13.1. The van der Waals surface area contributed by atoms with Crippen LogP contribution in [0.4, 0.5) is 5.69 Å². The molecule has 2 aromatic carbocycles. The third kappa shape index (κ3) is 5.37. The predicted molar refractivity (Wildman–Crippen MR) is 120 cm³/mol. The second-order valence-corrected chi connectivity index (χ2v) is 9.92. The molecule has 1 aliphatic carbocycles. The Bertz CT molecular complexity index is 1020. The molecule has 31 heavy (non-hydrogen) atoms. The van der Waals surface area contributed by atoms with Gasteiger partial charge < -0.3 is 14.5 Å². The zero-order valence-corrected chi connectivity index (χ0v) is 18.6. The molecule has 0 spiro atoms. The van der Waals surface area contributed by atoms with Crippen LogP contribution in [0.5, 0.6) is 5.75 Å². The van der Waals surface area contributed by atoms with Crippen molar-refractivity contribution in [3.8, 4) is 5.75 Å². The van der Waals surface area contributed by atoms with E-state index < -0.39 is 10.0 Å². The molecule has 0 bridgehead atoms. The van der Waals surface area contributed by atoms with Gasteiger partial charge in [0.25, 0.3) is 5.91 Å². The number of hydrogen-bond donors (Lipinski definition) is 1. The number of sulfonamides is 1. The summed E-state index contributed by atoms with van der Waals surface area (Å²) in [7, 11) is -1.95. The average Bonchev–Trinajstić information content (AvgIpc) is 3.64. The molecule has 0 radical (unpaired) electrons. The van der Waals surface area contributed by atoms with Crippen molar-refractivity contribution in [1.29, 1.82) is 0 Å². The zero-order chi connectivity index (χ0) is 21.8. The Morgan fingerprint density at radius 3 is 2.55 bits per heavy atom. The van der Waals surface area contributed by atoms with Gasteiger partial charge in [-0.25, -0.2) is 13.1 Å². The largest absolute Gasteiger partial charge is 0.497 e. The first-order valence-corrected chi connectivity index (χ1v) is 12.2. The number of carbonyl (C=O) groups excluding carboxylic acids is 1. The van der Waals surface area contributed by atoms with E-state index in [1.54, 1.807) is 25.3 Å². The van der Waals surface area contributed by atoms with E-state index in [9.17, 15) is 13.2 Å². The van der Waals surface area contributed by atoms with Crippen LogP contribution in [0.25, 0.3) is 0 Å². The van der Waals surface area contributed by atoms with Gasteiger partial charge in [-0.3, -0.25) is 4.79 Å². The van der Waals surface area contributed by atoms with Crippen molar-refractivity contribution >= 4 is 21.6 Å². The van der Waals surface area contributed by atoms with Crippen LogP contribution in [-0.4, -0.2) is 59.1 Å². The van der Waals surface area contributed by atoms with Crippen LogP contribution in [0, 0.1) is 5.92 Å². The fourth-order valence-corrected chi connectivity index (χ4v) is 4.95. The summed E-state index contributed by atoms with van der Waals surface area (Å²) < 4.78 is 33.0. The molecule has 2 aromatic rings. The second kappa shape index (κ2) is 9.28. The summed E-state index contributed by atoms with van der Waals surface area (Å²) in [5.74, 6) is 1.14. The topological polar surface area (TPSA) is 79.0 Å². The van der Waals surface area contributed by atoms with Crippen molar-refractivity contribution in [2.24, 2.45) is 5.92 Å². The fraction of sp³-hybridized carbons (Fsp3) is 0.435. The zero-order valence-electron chi connectivity index (χ0n) is 17.8. The summed E-state index contributed by atoms with van der Waals surface area (Å²) in [6.45, 7) is 3.27. The number of methoxy groups -OCH3 is 1. The van der Waals surface area contributed by atoms with Gasteiger partial charge >= 0.3 is 0 Å². The van der Waals surface area contributed by atoms with Gasteiger partial charge in [-0.15, -0.1) is 0 Å². The van der Waals surface area contributed by atoms with Crippen molar-refractivity contribution in [3.05, 3.63) is 54.1 Å². The standard InChI is InChI=1S/C23H29N3O4S/c1-30-21-10-8-20(9-11-21)25-12-3-13-26(15-14-25)23(27)19-4-2-5-22(16-19)31(28,29)24-17-18-6-7-18/h2,4-5,8-11,16,18,24H,3,6-7,12-15,17H2,1H3. The third-order valence-corrected chi connectivity index (χ3v) is 7.29. The maximum Gasteiger partial charge on any atom is 0.253 e. The number of nitrogens with zero attached hydrogens (tertiary/aromatic N) is 2. The summed E-state index contributed by atoms with van der Waals surface area (Å²) in [6, 6.07) is 14.3. The van der Waals surface area contributed by atoms with E-state index in [0.29, 0.717) is 31.1 Å². The number of benzene rings is 2. The van der Waals surface area contributed by atoms with Gasteiger partial charge in [0.2, 0.25) is 10.0 Å². The van der Waals surface area contributed by atoms with Crippen LogP contribution < -0.4 is 14.4 Å². The monoisotopic (exact) mass is 443 g/mol. The SMILES string of the molecule is COc1ccc(N2CCCN(C(=O)c3cccc(S(=O)(=O)NCC4CC4)c3)CC2)cc1. The van der Waals surface area contributed by atoms with E-state index in [-0.39, 0.29) is 10.8 Å². The molecular formula is C23H29N3O4S. The molecule has 0 aromatic heterocycles.